The molecule has 2 rings (SSSR count). The van der Waals surface area contributed by atoms with Gasteiger partial charge < -0.3 is 20.7 Å². The molecule has 0 aliphatic rings. The van der Waals surface area contributed by atoms with Crippen LogP contribution in [0.1, 0.15) is 34.7 Å². The number of hydrogen-bond acceptors (Lipinski definition) is 3. The zero-order valence-corrected chi connectivity index (χ0v) is 11.7. The van der Waals surface area contributed by atoms with Crippen molar-refractivity contribution in [1.82, 2.24) is 15.3 Å². The molecule has 0 saturated heterocycles. The van der Waals surface area contributed by atoms with Crippen molar-refractivity contribution in [1.29, 1.82) is 0 Å². The van der Waals surface area contributed by atoms with Gasteiger partial charge in [0.25, 0.3) is 0 Å². The quantitative estimate of drug-likeness (QED) is 0.692. The minimum atomic E-state index is -1.09. The second kappa shape index (κ2) is 6.08. The molecule has 1 aromatic carbocycles. The van der Waals surface area contributed by atoms with E-state index in [9.17, 15) is 9.59 Å². The van der Waals surface area contributed by atoms with Gasteiger partial charge >= 0.3 is 12.0 Å². The number of nitrogens with one attached hydrogen (secondary N) is 3. The van der Waals surface area contributed by atoms with Gasteiger partial charge in [0.2, 0.25) is 0 Å². The van der Waals surface area contributed by atoms with Crippen LogP contribution >= 0.6 is 0 Å². The number of aromatic amines is 1. The summed E-state index contributed by atoms with van der Waals surface area (Å²) in [5.74, 6) is -0.472. The first-order chi connectivity index (χ1) is 9.97. The van der Waals surface area contributed by atoms with Gasteiger partial charge in [0.1, 0.15) is 5.82 Å². The van der Waals surface area contributed by atoms with Crippen LogP contribution in [-0.4, -0.2) is 27.1 Å². The van der Waals surface area contributed by atoms with E-state index in [0.29, 0.717) is 5.82 Å². The summed E-state index contributed by atoms with van der Waals surface area (Å²) < 4.78 is 0. The minimum absolute atomic E-state index is 0.0517. The SMILES string of the molecule is Cc1ccc(NC(=O)NC(C)c2ncc[nH]2)c(C(=O)O)c1. The fourth-order valence-corrected chi connectivity index (χ4v) is 1.88. The average Bonchev–Trinajstić information content (AvgIpc) is 2.94. The molecule has 0 fully saturated rings. The van der Waals surface area contributed by atoms with Crippen molar-refractivity contribution in [3.63, 3.8) is 0 Å². The molecule has 1 atom stereocenters. The Morgan fingerprint density at radius 1 is 1.38 bits per heavy atom. The standard InChI is InChI=1S/C14H16N4O3/c1-8-3-4-11(10(7-8)13(19)20)18-14(21)17-9(2)12-15-5-6-16-12/h3-7,9H,1-2H3,(H,15,16)(H,19,20)(H2,17,18,21). The molecule has 110 valence electrons. The highest BCUT2D eigenvalue weighted by molar-refractivity contribution is 6.00. The summed E-state index contributed by atoms with van der Waals surface area (Å²) in [6.07, 6.45) is 3.25. The Kier molecular flexibility index (Phi) is 4.22. The molecule has 4 N–H and O–H groups in total. The Hall–Kier alpha value is -2.83. The van der Waals surface area contributed by atoms with Crippen LogP contribution in [0.25, 0.3) is 0 Å². The number of hydrogen-bond donors (Lipinski definition) is 4. The van der Waals surface area contributed by atoms with Gasteiger partial charge in [0, 0.05) is 12.4 Å². The number of aromatic carboxylic acids is 1. The second-order valence-corrected chi connectivity index (χ2v) is 4.65. The van der Waals surface area contributed by atoms with E-state index >= 15 is 0 Å². The highest BCUT2D eigenvalue weighted by atomic mass is 16.4. The number of imidazole rings is 1. The molecule has 2 aromatic rings. The lowest BCUT2D eigenvalue weighted by atomic mass is 10.1. The van der Waals surface area contributed by atoms with Crippen molar-refractivity contribution in [3.8, 4) is 0 Å². The fourth-order valence-electron chi connectivity index (χ4n) is 1.88. The highest BCUT2D eigenvalue weighted by Crippen LogP contribution is 2.17. The number of aryl methyl sites for hydroxylation is 1. The summed E-state index contributed by atoms with van der Waals surface area (Å²) in [5, 5.41) is 14.4. The third-order valence-electron chi connectivity index (χ3n) is 2.93. The zero-order valence-electron chi connectivity index (χ0n) is 11.7. The second-order valence-electron chi connectivity index (χ2n) is 4.65. The molecule has 7 nitrogen and oxygen atoms in total. The van der Waals surface area contributed by atoms with Crippen molar-refractivity contribution in [2.75, 3.05) is 5.32 Å². The van der Waals surface area contributed by atoms with E-state index in [2.05, 4.69) is 20.6 Å². The maximum Gasteiger partial charge on any atom is 0.337 e. The van der Waals surface area contributed by atoms with Gasteiger partial charge in [0.05, 0.1) is 17.3 Å². The van der Waals surface area contributed by atoms with Crippen LogP contribution in [0.4, 0.5) is 10.5 Å². The summed E-state index contributed by atoms with van der Waals surface area (Å²) in [5.41, 5.74) is 1.11. The van der Waals surface area contributed by atoms with Crippen LogP contribution < -0.4 is 10.6 Å². The van der Waals surface area contributed by atoms with Crippen LogP contribution in [-0.2, 0) is 0 Å². The number of aromatic nitrogens is 2. The lowest BCUT2D eigenvalue weighted by Crippen LogP contribution is -2.32. The van der Waals surface area contributed by atoms with Crippen LogP contribution in [0.3, 0.4) is 0 Å². The van der Waals surface area contributed by atoms with E-state index in [1.165, 1.54) is 6.07 Å². The van der Waals surface area contributed by atoms with Crippen molar-refractivity contribution in [2.24, 2.45) is 0 Å². The number of anilines is 1. The maximum absolute atomic E-state index is 11.9. The topological polar surface area (TPSA) is 107 Å². The van der Waals surface area contributed by atoms with Crippen LogP contribution in [0.5, 0.6) is 0 Å². The largest absolute Gasteiger partial charge is 0.478 e. The van der Waals surface area contributed by atoms with Crippen LogP contribution in [0.15, 0.2) is 30.6 Å². The van der Waals surface area contributed by atoms with Crippen molar-refractivity contribution in [2.45, 2.75) is 19.9 Å². The first-order valence-corrected chi connectivity index (χ1v) is 6.38. The first-order valence-electron chi connectivity index (χ1n) is 6.38. The van der Waals surface area contributed by atoms with E-state index < -0.39 is 12.0 Å². The smallest absolute Gasteiger partial charge is 0.337 e. The zero-order chi connectivity index (χ0) is 15.4. The molecule has 21 heavy (non-hydrogen) atoms. The van der Waals surface area contributed by atoms with Gasteiger partial charge in [-0.15, -0.1) is 0 Å². The van der Waals surface area contributed by atoms with Crippen LogP contribution in [0, 0.1) is 6.92 Å². The number of carboxylic acid groups (broad SMARTS) is 1. The molecule has 0 aliphatic heterocycles. The van der Waals surface area contributed by atoms with Crippen molar-refractivity contribution >= 4 is 17.7 Å². The molecule has 0 aliphatic carbocycles. The number of amides is 2. The molecule has 7 heteroatoms. The summed E-state index contributed by atoms with van der Waals surface area (Å²) in [6.45, 7) is 3.56. The van der Waals surface area contributed by atoms with E-state index in [1.807, 2.05) is 0 Å². The van der Waals surface area contributed by atoms with Crippen LogP contribution in [0.2, 0.25) is 0 Å². The number of rotatable bonds is 4. The predicted molar refractivity (Wildman–Crippen MR) is 77.3 cm³/mol. The maximum atomic E-state index is 11.9. The average molecular weight is 288 g/mol. The normalized spacial score (nSPS) is 11.7. The summed E-state index contributed by atoms with van der Waals surface area (Å²) in [7, 11) is 0. The van der Waals surface area contributed by atoms with Gasteiger partial charge in [-0.3, -0.25) is 0 Å². The Morgan fingerprint density at radius 2 is 2.14 bits per heavy atom. The molecule has 1 aromatic heterocycles. The molecule has 1 heterocycles. The monoisotopic (exact) mass is 288 g/mol. The van der Waals surface area contributed by atoms with Gasteiger partial charge in [-0.05, 0) is 26.0 Å². The predicted octanol–water partition coefficient (Wildman–Crippen LogP) is 2.30. The highest BCUT2D eigenvalue weighted by Gasteiger charge is 2.15. The van der Waals surface area contributed by atoms with E-state index in [4.69, 9.17) is 5.11 Å². The molecule has 1 unspecified atom stereocenters. The van der Waals surface area contributed by atoms with Gasteiger partial charge in [0.15, 0.2) is 0 Å². The molecule has 0 bridgehead atoms. The number of urea groups is 1. The lowest BCUT2D eigenvalue weighted by molar-refractivity contribution is 0.0698. The first kappa shape index (κ1) is 14.6. The Labute approximate surface area is 121 Å². The van der Waals surface area contributed by atoms with Crippen molar-refractivity contribution < 1.29 is 14.7 Å². The molecular weight excluding hydrogens is 272 g/mol. The number of carbonyl (C=O) groups is 2. The van der Waals surface area contributed by atoms with Gasteiger partial charge in [-0.1, -0.05) is 11.6 Å². The van der Waals surface area contributed by atoms with E-state index in [0.717, 1.165) is 5.56 Å². The number of H-pyrrole nitrogens is 1. The Balaban J connectivity index is 2.08. The number of nitrogens with zero attached hydrogens (tertiary/aromatic N) is 1. The van der Waals surface area contributed by atoms with Gasteiger partial charge in [-0.25, -0.2) is 14.6 Å². The molecule has 0 spiro atoms. The number of carboxylic acids is 1. The van der Waals surface area contributed by atoms with Crippen molar-refractivity contribution in [3.05, 3.63) is 47.5 Å². The molecule has 2 amide bonds. The number of carbonyl (C=O) groups excluding carboxylic acids is 1. The Morgan fingerprint density at radius 3 is 2.76 bits per heavy atom. The third-order valence-corrected chi connectivity index (χ3v) is 2.93. The lowest BCUT2D eigenvalue weighted by Gasteiger charge is -2.14. The number of benzene rings is 1. The summed E-state index contributed by atoms with van der Waals surface area (Å²) in [4.78, 5) is 30.0. The Bertz CT molecular complexity index is 652. The third kappa shape index (κ3) is 3.59. The van der Waals surface area contributed by atoms with Gasteiger partial charge in [-0.2, -0.15) is 0 Å². The van der Waals surface area contributed by atoms with E-state index in [1.54, 1.807) is 38.4 Å². The van der Waals surface area contributed by atoms with E-state index in [-0.39, 0.29) is 17.3 Å². The molecular formula is C14H16N4O3. The summed E-state index contributed by atoms with van der Waals surface area (Å²) >= 11 is 0. The summed E-state index contributed by atoms with van der Waals surface area (Å²) in [6, 6.07) is 3.99. The fraction of sp³-hybridized carbons (Fsp3) is 0.214. The molecule has 0 radical (unpaired) electrons. The minimum Gasteiger partial charge on any atom is -0.478 e. The molecule has 0 saturated carbocycles.